The molecular formula is C24H24FN3O2S. The van der Waals surface area contributed by atoms with Gasteiger partial charge in [0.1, 0.15) is 17.1 Å². The number of carbonyl (C=O) groups excluding carboxylic acids is 1. The fraction of sp³-hybridized carbons (Fsp3) is 0.208. The van der Waals surface area contributed by atoms with Crippen LogP contribution in [0.25, 0.3) is 0 Å². The zero-order chi connectivity index (χ0) is 22.1. The molecule has 0 aliphatic rings. The molecule has 5 nitrogen and oxygen atoms in total. The van der Waals surface area contributed by atoms with Crippen molar-refractivity contribution < 1.29 is 13.9 Å². The summed E-state index contributed by atoms with van der Waals surface area (Å²) in [5.41, 5.74) is 2.27. The number of pyridine rings is 1. The first-order valence-corrected chi connectivity index (χ1v) is 10.6. The molecule has 0 unspecified atom stereocenters. The first kappa shape index (κ1) is 22.4. The van der Waals surface area contributed by atoms with Gasteiger partial charge in [0.05, 0.1) is 0 Å². The van der Waals surface area contributed by atoms with E-state index in [1.807, 2.05) is 12.1 Å². The molecule has 7 heteroatoms. The minimum atomic E-state index is -0.459. The van der Waals surface area contributed by atoms with Crippen molar-refractivity contribution in [2.24, 2.45) is 0 Å². The highest BCUT2D eigenvalue weighted by Crippen LogP contribution is 2.23. The summed E-state index contributed by atoms with van der Waals surface area (Å²) >= 11 is 5.27. The average molecular weight is 438 g/mol. The van der Waals surface area contributed by atoms with Crippen LogP contribution in [-0.2, 0) is 6.42 Å². The number of hydrogen-bond donors (Lipinski definition) is 2. The topological polar surface area (TPSA) is 63.2 Å². The third-order valence-electron chi connectivity index (χ3n) is 4.55. The van der Waals surface area contributed by atoms with Gasteiger partial charge in [-0.2, -0.15) is 0 Å². The Morgan fingerprint density at radius 3 is 2.52 bits per heavy atom. The van der Waals surface area contributed by atoms with E-state index in [9.17, 15) is 9.18 Å². The fourth-order valence-electron chi connectivity index (χ4n) is 2.93. The Balaban J connectivity index is 1.59. The fourth-order valence-corrected chi connectivity index (χ4v) is 3.14. The molecule has 0 fully saturated rings. The Morgan fingerprint density at radius 2 is 1.81 bits per heavy atom. The number of halogens is 1. The van der Waals surface area contributed by atoms with Crippen molar-refractivity contribution in [1.29, 1.82) is 0 Å². The quantitative estimate of drug-likeness (QED) is 0.341. The summed E-state index contributed by atoms with van der Waals surface area (Å²) < 4.78 is 18.7. The molecule has 3 rings (SSSR count). The lowest BCUT2D eigenvalue weighted by atomic mass is 10.1. The predicted molar refractivity (Wildman–Crippen MR) is 124 cm³/mol. The van der Waals surface area contributed by atoms with E-state index < -0.39 is 5.91 Å². The number of thiocarbonyl (C=S) groups is 1. The molecule has 160 valence electrons. The second-order valence-corrected chi connectivity index (χ2v) is 7.38. The summed E-state index contributed by atoms with van der Waals surface area (Å²) in [7, 11) is 0. The minimum absolute atomic E-state index is 0.103. The molecule has 1 aromatic heterocycles. The summed E-state index contributed by atoms with van der Waals surface area (Å²) in [5.74, 6) is -0.365. The van der Waals surface area contributed by atoms with Crippen molar-refractivity contribution in [3.63, 3.8) is 0 Å². The number of aromatic nitrogens is 1. The largest absolute Gasteiger partial charge is 0.438 e. The number of ether oxygens (including phenoxy) is 1. The van der Waals surface area contributed by atoms with Crippen molar-refractivity contribution in [2.45, 2.75) is 32.6 Å². The van der Waals surface area contributed by atoms with Gasteiger partial charge in [-0.05, 0) is 79.2 Å². The van der Waals surface area contributed by atoms with Crippen molar-refractivity contribution in [1.82, 2.24) is 10.3 Å². The Labute approximate surface area is 186 Å². The highest BCUT2D eigenvalue weighted by Gasteiger charge is 2.16. The van der Waals surface area contributed by atoms with E-state index in [1.54, 1.807) is 12.1 Å². The van der Waals surface area contributed by atoms with Crippen LogP contribution in [0.1, 0.15) is 42.1 Å². The Bertz CT molecular complexity index is 1020. The Morgan fingerprint density at radius 1 is 1.06 bits per heavy atom. The molecule has 0 spiro atoms. The van der Waals surface area contributed by atoms with Crippen LogP contribution in [0.3, 0.4) is 0 Å². The maximum atomic E-state index is 13.1. The molecule has 0 saturated heterocycles. The molecule has 31 heavy (non-hydrogen) atoms. The zero-order valence-electron chi connectivity index (χ0n) is 17.2. The third kappa shape index (κ3) is 6.86. The number of anilines is 1. The normalized spacial score (nSPS) is 10.4. The first-order valence-electron chi connectivity index (χ1n) is 10.1. The molecule has 1 heterocycles. The van der Waals surface area contributed by atoms with Gasteiger partial charge in [-0.25, -0.2) is 9.37 Å². The standard InChI is InChI=1S/C24H24FN3O2S/c1-2-3-4-6-17-8-12-19(13-9-17)27-24(31)28-22(29)21-7-5-16-26-23(21)30-20-14-10-18(25)11-15-20/h5,7-16H,2-4,6H2,1H3,(H2,27,28,29,31). The molecule has 2 N–H and O–H groups in total. The molecule has 1 amide bonds. The lowest BCUT2D eigenvalue weighted by Gasteiger charge is -2.12. The number of carbonyl (C=O) groups is 1. The van der Waals surface area contributed by atoms with Gasteiger partial charge in [0.25, 0.3) is 5.91 Å². The monoisotopic (exact) mass is 437 g/mol. The lowest BCUT2D eigenvalue weighted by Crippen LogP contribution is -2.34. The molecule has 0 atom stereocenters. The molecule has 0 bridgehead atoms. The van der Waals surface area contributed by atoms with Gasteiger partial charge in [-0.15, -0.1) is 0 Å². The number of hydrogen-bond acceptors (Lipinski definition) is 4. The molecular weight excluding hydrogens is 413 g/mol. The second kappa shape index (κ2) is 11.2. The maximum Gasteiger partial charge on any atom is 0.262 e. The number of rotatable bonds is 8. The summed E-state index contributed by atoms with van der Waals surface area (Å²) in [6.07, 6.45) is 6.14. The van der Waals surface area contributed by atoms with E-state index in [0.717, 1.165) is 12.1 Å². The molecule has 0 aliphatic heterocycles. The van der Waals surface area contributed by atoms with E-state index in [1.165, 1.54) is 55.3 Å². The van der Waals surface area contributed by atoms with E-state index in [0.29, 0.717) is 5.75 Å². The lowest BCUT2D eigenvalue weighted by molar-refractivity contribution is 0.0975. The van der Waals surface area contributed by atoms with Gasteiger partial charge in [0.2, 0.25) is 5.88 Å². The van der Waals surface area contributed by atoms with Crippen molar-refractivity contribution in [3.05, 3.63) is 83.8 Å². The van der Waals surface area contributed by atoms with Crippen LogP contribution in [0.2, 0.25) is 0 Å². The van der Waals surface area contributed by atoms with Gasteiger partial charge in [-0.3, -0.25) is 10.1 Å². The van der Waals surface area contributed by atoms with Gasteiger partial charge in [0, 0.05) is 11.9 Å². The van der Waals surface area contributed by atoms with Crippen LogP contribution in [0, 0.1) is 5.82 Å². The number of nitrogens with zero attached hydrogens (tertiary/aromatic N) is 1. The van der Waals surface area contributed by atoms with Crippen LogP contribution in [0.5, 0.6) is 11.6 Å². The molecule has 3 aromatic rings. The number of amides is 1. The van der Waals surface area contributed by atoms with E-state index in [4.69, 9.17) is 17.0 Å². The number of unbranched alkanes of at least 4 members (excludes halogenated alkanes) is 2. The third-order valence-corrected chi connectivity index (χ3v) is 4.76. The molecule has 0 saturated carbocycles. The molecule has 2 aromatic carbocycles. The summed E-state index contributed by atoms with van der Waals surface area (Å²) in [6, 6.07) is 16.6. The molecule has 0 aliphatic carbocycles. The smallest absolute Gasteiger partial charge is 0.262 e. The number of nitrogens with one attached hydrogen (secondary N) is 2. The number of aryl methyl sites for hydroxylation is 1. The van der Waals surface area contributed by atoms with Gasteiger partial charge in [0.15, 0.2) is 5.11 Å². The maximum absolute atomic E-state index is 13.1. The van der Waals surface area contributed by atoms with Crippen molar-refractivity contribution in [3.8, 4) is 11.6 Å². The van der Waals surface area contributed by atoms with Crippen LogP contribution in [0.4, 0.5) is 10.1 Å². The number of benzene rings is 2. The van der Waals surface area contributed by atoms with Crippen molar-refractivity contribution >= 4 is 28.9 Å². The van der Waals surface area contributed by atoms with Crippen LogP contribution >= 0.6 is 12.2 Å². The Hall–Kier alpha value is -3.32. The van der Waals surface area contributed by atoms with Crippen LogP contribution in [-0.4, -0.2) is 16.0 Å². The van der Waals surface area contributed by atoms with Gasteiger partial charge in [-0.1, -0.05) is 31.9 Å². The van der Waals surface area contributed by atoms with E-state index in [-0.39, 0.29) is 22.4 Å². The first-order chi connectivity index (χ1) is 15.0. The van der Waals surface area contributed by atoms with Crippen LogP contribution < -0.4 is 15.4 Å². The minimum Gasteiger partial charge on any atom is -0.438 e. The molecule has 0 radical (unpaired) electrons. The SMILES string of the molecule is CCCCCc1ccc(NC(=S)NC(=O)c2cccnc2Oc2ccc(F)cc2)cc1. The van der Waals surface area contributed by atoms with Crippen LogP contribution in [0.15, 0.2) is 66.9 Å². The van der Waals surface area contributed by atoms with Crippen molar-refractivity contribution in [2.75, 3.05) is 5.32 Å². The summed E-state index contributed by atoms with van der Waals surface area (Å²) in [4.78, 5) is 16.8. The van der Waals surface area contributed by atoms with E-state index in [2.05, 4.69) is 34.7 Å². The summed E-state index contributed by atoms with van der Waals surface area (Å²) in [6.45, 7) is 2.19. The predicted octanol–water partition coefficient (Wildman–Crippen LogP) is 5.87. The van der Waals surface area contributed by atoms with Gasteiger partial charge >= 0.3 is 0 Å². The summed E-state index contributed by atoms with van der Waals surface area (Å²) in [5, 5.41) is 5.81. The average Bonchev–Trinajstić information content (AvgIpc) is 2.77. The highest BCUT2D eigenvalue weighted by atomic mass is 32.1. The second-order valence-electron chi connectivity index (χ2n) is 6.97. The highest BCUT2D eigenvalue weighted by molar-refractivity contribution is 7.80. The van der Waals surface area contributed by atoms with E-state index >= 15 is 0 Å². The Kier molecular flexibility index (Phi) is 8.06. The van der Waals surface area contributed by atoms with Gasteiger partial charge < -0.3 is 10.1 Å². The zero-order valence-corrected chi connectivity index (χ0v) is 18.0.